The number of carbonyl (C=O) groups excluding carboxylic acids is 2. The van der Waals surface area contributed by atoms with E-state index < -0.39 is 28.5 Å². The van der Waals surface area contributed by atoms with Crippen molar-refractivity contribution in [1.29, 1.82) is 0 Å². The Morgan fingerprint density at radius 1 is 0.810 bits per heavy atom. The Labute approximate surface area is 246 Å². The molecule has 2 heterocycles. The zero-order valence-electron chi connectivity index (χ0n) is 23.3. The summed E-state index contributed by atoms with van der Waals surface area (Å²) in [5.74, 6) is -1.30. The summed E-state index contributed by atoms with van der Waals surface area (Å²) in [7, 11) is -3.79. The molecule has 222 valence electrons. The number of hydrogen-bond acceptors (Lipinski definition) is 8. The number of ether oxygens (including phenoxy) is 3. The summed E-state index contributed by atoms with van der Waals surface area (Å²) in [4.78, 5) is 28.0. The lowest BCUT2D eigenvalue weighted by Crippen LogP contribution is -2.40. The van der Waals surface area contributed by atoms with Gasteiger partial charge in [0.05, 0.1) is 49.1 Å². The van der Waals surface area contributed by atoms with E-state index in [1.165, 1.54) is 10.4 Å². The van der Waals surface area contributed by atoms with Crippen LogP contribution in [0.1, 0.15) is 23.5 Å². The van der Waals surface area contributed by atoms with Gasteiger partial charge in [-0.15, -0.1) is 0 Å². The maximum Gasteiger partial charge on any atom is 0.307 e. The van der Waals surface area contributed by atoms with Crippen molar-refractivity contribution < 1.29 is 32.2 Å². The molecule has 5 rings (SSSR count). The van der Waals surface area contributed by atoms with E-state index >= 15 is 0 Å². The highest BCUT2D eigenvalue weighted by atomic mass is 32.2. The third-order valence-corrected chi connectivity index (χ3v) is 9.24. The maximum atomic E-state index is 13.3. The van der Waals surface area contributed by atoms with Crippen LogP contribution in [0.4, 0.5) is 11.4 Å². The van der Waals surface area contributed by atoms with Gasteiger partial charge < -0.3 is 24.4 Å². The average molecular weight is 594 g/mol. The SMILES string of the molecule is O=C(COC(=O)CC(c1ccccc1)c1ccccc1)Nc1cc(S(=O)(=O)N2CCOCC2)ccc1N1CCOCC1. The summed E-state index contributed by atoms with van der Waals surface area (Å²) < 4.78 is 44.2. The fourth-order valence-corrected chi connectivity index (χ4v) is 6.58. The molecule has 2 saturated heterocycles. The van der Waals surface area contributed by atoms with Crippen LogP contribution in [0.3, 0.4) is 0 Å². The molecule has 0 bridgehead atoms. The van der Waals surface area contributed by atoms with Gasteiger partial charge in [-0.3, -0.25) is 9.59 Å². The van der Waals surface area contributed by atoms with Crippen LogP contribution in [0.15, 0.2) is 83.8 Å². The maximum absolute atomic E-state index is 13.3. The molecule has 0 spiro atoms. The van der Waals surface area contributed by atoms with Gasteiger partial charge in [0.2, 0.25) is 10.0 Å². The largest absolute Gasteiger partial charge is 0.456 e. The highest BCUT2D eigenvalue weighted by Crippen LogP contribution is 2.32. The Morgan fingerprint density at radius 3 is 1.98 bits per heavy atom. The van der Waals surface area contributed by atoms with E-state index in [0.717, 1.165) is 11.1 Å². The second-order valence-corrected chi connectivity index (χ2v) is 12.0. The highest BCUT2D eigenvalue weighted by molar-refractivity contribution is 7.89. The Bertz CT molecular complexity index is 1420. The number of morpholine rings is 2. The summed E-state index contributed by atoms with van der Waals surface area (Å²) >= 11 is 0. The first-order valence-corrected chi connectivity index (χ1v) is 15.5. The first-order chi connectivity index (χ1) is 20.4. The Hall–Kier alpha value is -3.77. The van der Waals surface area contributed by atoms with Crippen LogP contribution < -0.4 is 10.2 Å². The number of sulfonamides is 1. The van der Waals surface area contributed by atoms with Crippen LogP contribution >= 0.6 is 0 Å². The van der Waals surface area contributed by atoms with Crippen molar-refractivity contribution in [3.63, 3.8) is 0 Å². The van der Waals surface area contributed by atoms with Crippen LogP contribution in [0.5, 0.6) is 0 Å². The third kappa shape index (κ3) is 7.35. The highest BCUT2D eigenvalue weighted by Gasteiger charge is 2.28. The van der Waals surface area contributed by atoms with Crippen LogP contribution in [0, 0.1) is 0 Å². The number of benzene rings is 3. The number of amides is 1. The lowest BCUT2D eigenvalue weighted by molar-refractivity contribution is -0.147. The van der Waals surface area contributed by atoms with E-state index in [4.69, 9.17) is 14.2 Å². The van der Waals surface area contributed by atoms with E-state index in [9.17, 15) is 18.0 Å². The van der Waals surface area contributed by atoms with Gasteiger partial charge in [-0.1, -0.05) is 60.7 Å². The smallest absolute Gasteiger partial charge is 0.307 e. The monoisotopic (exact) mass is 593 g/mol. The molecule has 1 N–H and O–H groups in total. The van der Waals surface area contributed by atoms with Gasteiger partial charge in [-0.05, 0) is 29.3 Å². The molecular formula is C31H35N3O7S. The van der Waals surface area contributed by atoms with Crippen molar-refractivity contribution in [1.82, 2.24) is 4.31 Å². The van der Waals surface area contributed by atoms with E-state index in [2.05, 4.69) is 5.32 Å². The summed E-state index contributed by atoms with van der Waals surface area (Å²) in [6.45, 7) is 2.90. The lowest BCUT2D eigenvalue weighted by atomic mass is 9.89. The Balaban J connectivity index is 1.29. The van der Waals surface area contributed by atoms with Crippen molar-refractivity contribution in [2.75, 3.05) is 69.4 Å². The normalized spacial score (nSPS) is 16.3. The number of nitrogens with one attached hydrogen (secondary N) is 1. The van der Waals surface area contributed by atoms with Gasteiger partial charge in [-0.25, -0.2) is 8.42 Å². The fraction of sp³-hybridized carbons (Fsp3) is 0.355. The standard InChI is InChI=1S/C31H35N3O7S/c35-30(23-41-31(36)22-27(24-7-3-1-4-8-24)25-9-5-2-6-10-25)32-28-21-26(42(37,38)34-15-19-40-20-16-34)11-12-29(28)33-13-17-39-18-14-33/h1-12,21,27H,13-20,22-23H2,(H,32,35). The minimum absolute atomic E-state index is 0.0631. The number of anilines is 2. The van der Waals surface area contributed by atoms with Gasteiger partial charge in [0.25, 0.3) is 5.91 Å². The molecule has 1 amide bonds. The van der Waals surface area contributed by atoms with Crippen LogP contribution in [0.2, 0.25) is 0 Å². The number of rotatable bonds is 10. The second-order valence-electron chi connectivity index (χ2n) is 10.1. The summed E-state index contributed by atoms with van der Waals surface area (Å²) in [5.41, 5.74) is 2.95. The van der Waals surface area contributed by atoms with Gasteiger partial charge in [0, 0.05) is 32.1 Å². The molecule has 3 aromatic rings. The number of esters is 1. The van der Waals surface area contributed by atoms with Crippen molar-refractivity contribution in [3.8, 4) is 0 Å². The van der Waals surface area contributed by atoms with Crippen LogP contribution in [0.25, 0.3) is 0 Å². The molecular weight excluding hydrogens is 558 g/mol. The third-order valence-electron chi connectivity index (χ3n) is 7.34. The Morgan fingerprint density at radius 2 is 1.38 bits per heavy atom. The van der Waals surface area contributed by atoms with E-state index in [1.807, 2.05) is 65.6 Å². The molecule has 11 heteroatoms. The number of carbonyl (C=O) groups is 2. The molecule has 0 unspecified atom stereocenters. The van der Waals surface area contributed by atoms with Gasteiger partial charge in [0.1, 0.15) is 0 Å². The minimum atomic E-state index is -3.79. The van der Waals surface area contributed by atoms with Gasteiger partial charge >= 0.3 is 5.97 Å². The zero-order chi connectivity index (χ0) is 29.4. The summed E-state index contributed by atoms with van der Waals surface area (Å²) in [5, 5.41) is 2.79. The number of nitrogens with zero attached hydrogens (tertiary/aromatic N) is 2. The molecule has 3 aromatic carbocycles. The van der Waals surface area contributed by atoms with Gasteiger partial charge in [-0.2, -0.15) is 4.31 Å². The number of hydrogen-bond donors (Lipinski definition) is 1. The second kappa shape index (κ2) is 13.9. The predicted molar refractivity (Wildman–Crippen MR) is 158 cm³/mol. The summed E-state index contributed by atoms with van der Waals surface area (Å²) in [6.07, 6.45) is 0.0631. The van der Waals surface area contributed by atoms with E-state index in [0.29, 0.717) is 50.9 Å². The summed E-state index contributed by atoms with van der Waals surface area (Å²) in [6, 6.07) is 24.1. The van der Waals surface area contributed by atoms with Crippen molar-refractivity contribution >= 4 is 33.3 Å². The lowest BCUT2D eigenvalue weighted by Gasteiger charge is -2.31. The molecule has 10 nitrogen and oxygen atoms in total. The van der Waals surface area contributed by atoms with Crippen LogP contribution in [-0.4, -0.2) is 83.8 Å². The molecule has 2 aliphatic heterocycles. The molecule has 0 saturated carbocycles. The van der Waals surface area contributed by atoms with Gasteiger partial charge in [0.15, 0.2) is 6.61 Å². The quantitative estimate of drug-likeness (QED) is 0.357. The molecule has 0 radical (unpaired) electrons. The van der Waals surface area contributed by atoms with E-state index in [-0.39, 0.29) is 30.3 Å². The average Bonchev–Trinajstić information content (AvgIpc) is 3.04. The Kier molecular flexibility index (Phi) is 9.85. The molecule has 2 fully saturated rings. The minimum Gasteiger partial charge on any atom is -0.456 e. The van der Waals surface area contributed by atoms with Crippen molar-refractivity contribution in [2.45, 2.75) is 17.2 Å². The van der Waals surface area contributed by atoms with Crippen LogP contribution in [-0.2, 0) is 33.8 Å². The zero-order valence-corrected chi connectivity index (χ0v) is 24.1. The first kappa shape index (κ1) is 29.7. The van der Waals surface area contributed by atoms with E-state index in [1.54, 1.807) is 12.1 Å². The van der Waals surface area contributed by atoms with Crippen molar-refractivity contribution in [2.24, 2.45) is 0 Å². The molecule has 0 atom stereocenters. The predicted octanol–water partition coefficient (Wildman–Crippen LogP) is 3.25. The first-order valence-electron chi connectivity index (χ1n) is 14.0. The molecule has 42 heavy (non-hydrogen) atoms. The molecule has 2 aliphatic rings. The van der Waals surface area contributed by atoms with Crippen molar-refractivity contribution in [3.05, 3.63) is 90.0 Å². The molecule has 0 aliphatic carbocycles. The topological polar surface area (TPSA) is 114 Å². The fourth-order valence-electron chi connectivity index (χ4n) is 5.15. The molecule has 0 aromatic heterocycles.